The number of esters is 1. The predicted molar refractivity (Wildman–Crippen MR) is 89.1 cm³/mol. The van der Waals surface area contributed by atoms with E-state index in [-0.39, 0.29) is 17.7 Å². The molecule has 2 atom stereocenters. The quantitative estimate of drug-likeness (QED) is 0.855. The molecule has 2 aromatic rings. The lowest BCUT2D eigenvalue weighted by atomic mass is 10.1. The Kier molecular flexibility index (Phi) is 4.37. The molecule has 1 saturated carbocycles. The van der Waals surface area contributed by atoms with Crippen LogP contribution in [0.25, 0.3) is 0 Å². The number of carbonyl (C=O) groups is 2. The minimum Gasteiger partial charge on any atom is -0.465 e. The summed E-state index contributed by atoms with van der Waals surface area (Å²) in [5.74, 6) is -0.508. The number of ether oxygens (including phenoxy) is 1. The second-order valence-electron chi connectivity index (χ2n) is 5.38. The van der Waals surface area contributed by atoms with Crippen molar-refractivity contribution in [2.75, 3.05) is 12.4 Å². The summed E-state index contributed by atoms with van der Waals surface area (Å²) in [5, 5.41) is 3.88. The standard InChI is InChI=1S/C16H15ClN2O3S/c1-8-13(15(21)22-2)23-16(18-8)19-14(20)11-7-10(11)9-5-3-4-6-12(9)17/h3-6,10-11H,7H2,1-2H3,(H,18,19,20)/t10-,11+/m0/s1. The highest BCUT2D eigenvalue weighted by Gasteiger charge is 2.45. The third-order valence-electron chi connectivity index (χ3n) is 3.83. The largest absolute Gasteiger partial charge is 0.465 e. The van der Waals surface area contributed by atoms with Crippen LogP contribution in [0.1, 0.15) is 33.3 Å². The SMILES string of the molecule is COC(=O)c1sc(NC(=O)[C@@H]2C[C@H]2c2ccccc2Cl)nc1C. The van der Waals surface area contributed by atoms with Gasteiger partial charge in [0, 0.05) is 10.9 Å². The third-order valence-corrected chi connectivity index (χ3v) is 5.23. The van der Waals surface area contributed by atoms with Crippen LogP contribution in [0.3, 0.4) is 0 Å². The summed E-state index contributed by atoms with van der Waals surface area (Å²) in [7, 11) is 1.32. The van der Waals surface area contributed by atoms with Gasteiger partial charge >= 0.3 is 5.97 Å². The van der Waals surface area contributed by atoms with Gasteiger partial charge in [0.1, 0.15) is 4.88 Å². The smallest absolute Gasteiger partial charge is 0.350 e. The van der Waals surface area contributed by atoms with Crippen LogP contribution < -0.4 is 5.32 Å². The van der Waals surface area contributed by atoms with E-state index in [0.29, 0.717) is 20.7 Å². The average Bonchev–Trinajstić information content (AvgIpc) is 3.24. The number of nitrogens with one attached hydrogen (secondary N) is 1. The Morgan fingerprint density at radius 1 is 1.39 bits per heavy atom. The number of hydrogen-bond acceptors (Lipinski definition) is 5. The van der Waals surface area contributed by atoms with Crippen molar-refractivity contribution in [3.63, 3.8) is 0 Å². The number of hydrogen-bond donors (Lipinski definition) is 1. The summed E-state index contributed by atoms with van der Waals surface area (Å²) < 4.78 is 4.69. The summed E-state index contributed by atoms with van der Waals surface area (Å²) in [6, 6.07) is 7.57. The van der Waals surface area contributed by atoms with Crippen LogP contribution in [-0.4, -0.2) is 24.0 Å². The van der Waals surface area contributed by atoms with Crippen LogP contribution >= 0.6 is 22.9 Å². The van der Waals surface area contributed by atoms with E-state index in [0.717, 1.165) is 23.3 Å². The van der Waals surface area contributed by atoms with Gasteiger partial charge in [-0.05, 0) is 30.9 Å². The summed E-state index contributed by atoms with van der Waals surface area (Å²) >= 11 is 7.29. The van der Waals surface area contributed by atoms with Gasteiger partial charge in [-0.3, -0.25) is 4.79 Å². The first-order valence-electron chi connectivity index (χ1n) is 7.12. The summed E-state index contributed by atoms with van der Waals surface area (Å²) in [5.41, 5.74) is 1.55. The van der Waals surface area contributed by atoms with Gasteiger partial charge in [-0.15, -0.1) is 0 Å². The Labute approximate surface area is 142 Å². The fourth-order valence-electron chi connectivity index (χ4n) is 2.53. The van der Waals surface area contributed by atoms with Crippen molar-refractivity contribution in [2.24, 2.45) is 5.92 Å². The zero-order chi connectivity index (χ0) is 16.6. The highest BCUT2D eigenvalue weighted by molar-refractivity contribution is 7.17. The van der Waals surface area contributed by atoms with Crippen LogP contribution in [0.2, 0.25) is 5.02 Å². The Hall–Kier alpha value is -1.92. The lowest BCUT2D eigenvalue weighted by Gasteiger charge is -2.03. The Morgan fingerprint density at radius 2 is 2.13 bits per heavy atom. The number of benzene rings is 1. The Bertz CT molecular complexity index is 774. The van der Waals surface area contributed by atoms with Crippen molar-refractivity contribution in [2.45, 2.75) is 19.3 Å². The number of thiazole rings is 1. The Morgan fingerprint density at radius 3 is 2.83 bits per heavy atom. The number of halogens is 1. The second-order valence-corrected chi connectivity index (χ2v) is 6.79. The number of amides is 1. The first-order chi connectivity index (χ1) is 11.0. The highest BCUT2D eigenvalue weighted by atomic mass is 35.5. The maximum absolute atomic E-state index is 12.3. The molecule has 5 nitrogen and oxygen atoms in total. The van der Waals surface area contributed by atoms with E-state index < -0.39 is 5.97 Å². The topological polar surface area (TPSA) is 68.3 Å². The monoisotopic (exact) mass is 350 g/mol. The maximum Gasteiger partial charge on any atom is 0.350 e. The molecule has 1 aromatic carbocycles. The van der Waals surface area contributed by atoms with E-state index in [2.05, 4.69) is 15.0 Å². The maximum atomic E-state index is 12.3. The minimum atomic E-state index is -0.444. The molecule has 1 aromatic heterocycles. The van der Waals surface area contributed by atoms with Crippen molar-refractivity contribution in [3.05, 3.63) is 45.4 Å². The Balaban J connectivity index is 1.67. The van der Waals surface area contributed by atoms with Crippen LogP contribution in [0.5, 0.6) is 0 Å². The number of anilines is 1. The number of aryl methyl sites for hydroxylation is 1. The average molecular weight is 351 g/mol. The van der Waals surface area contributed by atoms with Crippen molar-refractivity contribution < 1.29 is 14.3 Å². The molecule has 0 spiro atoms. The molecule has 1 amide bonds. The van der Waals surface area contributed by atoms with Crippen molar-refractivity contribution in [1.29, 1.82) is 0 Å². The number of methoxy groups -OCH3 is 1. The van der Waals surface area contributed by atoms with Crippen molar-refractivity contribution in [1.82, 2.24) is 4.98 Å². The van der Waals surface area contributed by atoms with Gasteiger partial charge in [0.15, 0.2) is 5.13 Å². The molecular weight excluding hydrogens is 336 g/mol. The molecule has 0 bridgehead atoms. The van der Waals surface area contributed by atoms with E-state index in [9.17, 15) is 9.59 Å². The minimum absolute atomic E-state index is 0.0971. The van der Waals surface area contributed by atoms with Crippen LogP contribution in [-0.2, 0) is 9.53 Å². The molecule has 1 aliphatic carbocycles. The molecule has 120 valence electrons. The van der Waals surface area contributed by atoms with Gasteiger partial charge in [0.25, 0.3) is 0 Å². The van der Waals surface area contributed by atoms with Crippen LogP contribution in [0, 0.1) is 12.8 Å². The number of aromatic nitrogens is 1. The number of carbonyl (C=O) groups excluding carboxylic acids is 2. The molecule has 1 heterocycles. The fraction of sp³-hybridized carbons (Fsp3) is 0.312. The first kappa shape index (κ1) is 16.0. The number of rotatable bonds is 4. The lowest BCUT2D eigenvalue weighted by molar-refractivity contribution is -0.117. The molecule has 1 fully saturated rings. The van der Waals surface area contributed by atoms with E-state index in [1.54, 1.807) is 6.92 Å². The van der Waals surface area contributed by atoms with E-state index in [4.69, 9.17) is 11.6 Å². The summed E-state index contributed by atoms with van der Waals surface area (Å²) in [6.45, 7) is 1.71. The van der Waals surface area contributed by atoms with E-state index >= 15 is 0 Å². The number of nitrogens with zero attached hydrogens (tertiary/aromatic N) is 1. The van der Waals surface area contributed by atoms with Gasteiger partial charge in [0.05, 0.1) is 12.8 Å². The van der Waals surface area contributed by atoms with Gasteiger partial charge in [-0.2, -0.15) is 0 Å². The van der Waals surface area contributed by atoms with E-state index in [1.165, 1.54) is 7.11 Å². The van der Waals surface area contributed by atoms with Crippen molar-refractivity contribution in [3.8, 4) is 0 Å². The fourth-order valence-corrected chi connectivity index (χ4v) is 3.70. The van der Waals surface area contributed by atoms with Crippen molar-refractivity contribution >= 4 is 39.9 Å². The molecule has 0 unspecified atom stereocenters. The van der Waals surface area contributed by atoms with Gasteiger partial charge in [-0.1, -0.05) is 41.1 Å². The molecule has 1 N–H and O–H groups in total. The first-order valence-corrected chi connectivity index (χ1v) is 8.31. The summed E-state index contributed by atoms with van der Waals surface area (Å²) in [6.07, 6.45) is 0.768. The highest BCUT2D eigenvalue weighted by Crippen LogP contribution is 2.50. The molecule has 1 aliphatic rings. The molecule has 7 heteroatoms. The van der Waals surface area contributed by atoms with Gasteiger partial charge < -0.3 is 10.1 Å². The van der Waals surface area contributed by atoms with Gasteiger partial charge in [0.2, 0.25) is 5.91 Å². The third kappa shape index (κ3) is 3.23. The van der Waals surface area contributed by atoms with Crippen LogP contribution in [0.4, 0.5) is 5.13 Å². The van der Waals surface area contributed by atoms with Gasteiger partial charge in [-0.25, -0.2) is 9.78 Å². The molecule has 3 rings (SSSR count). The molecular formula is C16H15ClN2O3S. The molecule has 0 radical (unpaired) electrons. The summed E-state index contributed by atoms with van der Waals surface area (Å²) in [4.78, 5) is 28.5. The van der Waals surface area contributed by atoms with E-state index in [1.807, 2.05) is 24.3 Å². The normalized spacial score (nSPS) is 19.3. The zero-order valence-electron chi connectivity index (χ0n) is 12.6. The molecule has 0 aliphatic heterocycles. The molecule has 0 saturated heterocycles. The predicted octanol–water partition coefficient (Wildman–Crippen LogP) is 3.63. The second kappa shape index (κ2) is 6.29. The zero-order valence-corrected chi connectivity index (χ0v) is 14.2. The van der Waals surface area contributed by atoms with Crippen LogP contribution in [0.15, 0.2) is 24.3 Å². The lowest BCUT2D eigenvalue weighted by Crippen LogP contribution is -2.14. The molecule has 23 heavy (non-hydrogen) atoms.